The van der Waals surface area contributed by atoms with E-state index in [0.29, 0.717) is 6.04 Å². The Kier molecular flexibility index (Phi) is 1.42. The van der Waals surface area contributed by atoms with Gasteiger partial charge in [0.2, 0.25) is 0 Å². The van der Waals surface area contributed by atoms with Crippen LogP contribution in [0.15, 0.2) is 0 Å². The van der Waals surface area contributed by atoms with Gasteiger partial charge in [0.15, 0.2) is 0 Å². The summed E-state index contributed by atoms with van der Waals surface area (Å²) in [5.74, 6) is 5.73. The fourth-order valence-corrected chi connectivity index (χ4v) is 1.62. The van der Waals surface area contributed by atoms with Crippen LogP contribution in [0.1, 0.15) is 0 Å². The van der Waals surface area contributed by atoms with Crippen LogP contribution in [0.25, 0.3) is 0 Å². The molecule has 2 aliphatic heterocycles. The average Bonchev–Trinajstić information content (AvgIpc) is 2.20. The first-order valence-corrected chi connectivity index (χ1v) is 3.60. The van der Waals surface area contributed by atoms with Crippen LogP contribution in [0.4, 0.5) is 0 Å². The van der Waals surface area contributed by atoms with Gasteiger partial charge in [-0.3, -0.25) is 5.84 Å². The number of ether oxygens (including phenoxy) is 1. The number of hydrazine groups is 1. The molecule has 0 aromatic carbocycles. The zero-order chi connectivity index (χ0) is 7.14. The number of nitrogens with zero attached hydrogens (tertiary/aromatic N) is 2. The first-order valence-electron chi connectivity index (χ1n) is 3.60. The summed E-state index contributed by atoms with van der Waals surface area (Å²) in [6.45, 7) is 2.77. The molecule has 0 spiro atoms. The molecule has 2 atom stereocenters. The summed E-state index contributed by atoms with van der Waals surface area (Å²) in [7, 11) is 2.10. The molecule has 2 rings (SSSR count). The molecule has 2 heterocycles. The normalized spacial score (nSPS) is 42.6. The van der Waals surface area contributed by atoms with Gasteiger partial charge in [0, 0.05) is 13.1 Å². The van der Waals surface area contributed by atoms with E-state index in [1.807, 2.05) is 5.01 Å². The Morgan fingerprint density at radius 1 is 1.50 bits per heavy atom. The zero-order valence-corrected chi connectivity index (χ0v) is 6.16. The van der Waals surface area contributed by atoms with Crippen LogP contribution in [-0.4, -0.2) is 48.9 Å². The van der Waals surface area contributed by atoms with Crippen molar-refractivity contribution in [3.05, 3.63) is 0 Å². The van der Waals surface area contributed by atoms with E-state index in [1.165, 1.54) is 0 Å². The van der Waals surface area contributed by atoms with Crippen LogP contribution in [0.3, 0.4) is 0 Å². The largest absolute Gasteiger partial charge is 0.359 e. The Balaban J connectivity index is 2.09. The van der Waals surface area contributed by atoms with E-state index in [9.17, 15) is 0 Å². The monoisotopic (exact) mass is 143 g/mol. The summed E-state index contributed by atoms with van der Waals surface area (Å²) in [4.78, 5) is 2.26. The van der Waals surface area contributed by atoms with Gasteiger partial charge in [-0.05, 0) is 7.05 Å². The Morgan fingerprint density at radius 3 is 3.00 bits per heavy atom. The molecule has 0 saturated carbocycles. The molecule has 2 bridgehead atoms. The Hall–Kier alpha value is -0.160. The van der Waals surface area contributed by atoms with Crippen LogP contribution in [0.2, 0.25) is 0 Å². The van der Waals surface area contributed by atoms with Crippen molar-refractivity contribution in [3.8, 4) is 0 Å². The topological polar surface area (TPSA) is 41.7 Å². The van der Waals surface area contributed by atoms with E-state index in [4.69, 9.17) is 10.6 Å². The second kappa shape index (κ2) is 2.17. The first-order chi connectivity index (χ1) is 4.77. The molecule has 2 N–H and O–H groups in total. The van der Waals surface area contributed by atoms with Gasteiger partial charge in [0.25, 0.3) is 0 Å². The summed E-state index contributed by atoms with van der Waals surface area (Å²) in [5, 5.41) is 1.83. The zero-order valence-electron chi connectivity index (χ0n) is 6.16. The van der Waals surface area contributed by atoms with Crippen molar-refractivity contribution in [1.29, 1.82) is 0 Å². The quantitative estimate of drug-likeness (QED) is 0.434. The maximum Gasteiger partial charge on any atom is 0.135 e. The number of hydrogen-bond donors (Lipinski definition) is 1. The smallest absolute Gasteiger partial charge is 0.135 e. The van der Waals surface area contributed by atoms with Crippen LogP contribution in [0.5, 0.6) is 0 Å². The molecular weight excluding hydrogens is 130 g/mol. The minimum absolute atomic E-state index is 0.142. The molecular formula is C6H13N3O. The molecule has 0 aromatic rings. The predicted octanol–water partition coefficient (Wildman–Crippen LogP) is -1.17. The first kappa shape index (κ1) is 6.54. The molecule has 0 amide bonds. The summed E-state index contributed by atoms with van der Waals surface area (Å²) in [6, 6.07) is 0.420. The lowest BCUT2D eigenvalue weighted by atomic mass is 10.2. The molecule has 10 heavy (non-hydrogen) atoms. The highest BCUT2D eigenvalue weighted by Gasteiger charge is 2.37. The predicted molar refractivity (Wildman–Crippen MR) is 37.1 cm³/mol. The van der Waals surface area contributed by atoms with Crippen molar-refractivity contribution < 1.29 is 4.74 Å². The summed E-state index contributed by atoms with van der Waals surface area (Å²) < 4.78 is 5.42. The fraction of sp³-hybridized carbons (Fsp3) is 1.00. The second-order valence-corrected chi connectivity index (χ2v) is 3.11. The highest BCUT2D eigenvalue weighted by molar-refractivity contribution is 4.85. The Bertz CT molecular complexity index is 127. The maximum atomic E-state index is 5.73. The maximum absolute atomic E-state index is 5.73. The number of piperazine rings is 1. The highest BCUT2D eigenvalue weighted by Crippen LogP contribution is 2.18. The van der Waals surface area contributed by atoms with Crippen molar-refractivity contribution >= 4 is 0 Å². The third-order valence-corrected chi connectivity index (χ3v) is 2.23. The van der Waals surface area contributed by atoms with Crippen molar-refractivity contribution in [2.45, 2.75) is 12.3 Å². The lowest BCUT2D eigenvalue weighted by molar-refractivity contribution is -0.0139. The van der Waals surface area contributed by atoms with E-state index in [-0.39, 0.29) is 6.23 Å². The summed E-state index contributed by atoms with van der Waals surface area (Å²) in [5.41, 5.74) is 0. The molecule has 2 aliphatic rings. The SMILES string of the molecule is CN1CC2COC(C1)N2N. The van der Waals surface area contributed by atoms with Gasteiger partial charge in [-0.15, -0.1) is 0 Å². The highest BCUT2D eigenvalue weighted by atomic mass is 16.5. The number of rotatable bonds is 0. The number of likely N-dealkylation sites (N-methyl/N-ethyl adjacent to an activating group) is 1. The molecule has 0 radical (unpaired) electrons. The third kappa shape index (κ3) is 0.845. The standard InChI is InChI=1S/C6H13N3O/c1-8-2-5-4-10-6(3-8)9(5)7/h5-6H,2-4,7H2,1H3. The summed E-state index contributed by atoms with van der Waals surface area (Å²) >= 11 is 0. The molecule has 58 valence electrons. The Labute approximate surface area is 60.5 Å². The van der Waals surface area contributed by atoms with Gasteiger partial charge >= 0.3 is 0 Å². The fourth-order valence-electron chi connectivity index (χ4n) is 1.62. The van der Waals surface area contributed by atoms with E-state index in [0.717, 1.165) is 19.7 Å². The van der Waals surface area contributed by atoms with Crippen molar-refractivity contribution in [1.82, 2.24) is 9.91 Å². The van der Waals surface area contributed by atoms with E-state index >= 15 is 0 Å². The van der Waals surface area contributed by atoms with Gasteiger partial charge in [-0.25, -0.2) is 5.01 Å². The number of nitrogens with two attached hydrogens (primary N) is 1. The molecule has 0 aromatic heterocycles. The molecule has 2 saturated heterocycles. The van der Waals surface area contributed by atoms with Crippen molar-refractivity contribution in [2.24, 2.45) is 5.84 Å². The van der Waals surface area contributed by atoms with E-state index in [1.54, 1.807) is 0 Å². The van der Waals surface area contributed by atoms with Crippen LogP contribution in [-0.2, 0) is 4.74 Å². The Morgan fingerprint density at radius 2 is 2.30 bits per heavy atom. The minimum Gasteiger partial charge on any atom is -0.359 e. The lowest BCUT2D eigenvalue weighted by Gasteiger charge is -2.33. The molecule has 2 unspecified atom stereocenters. The minimum atomic E-state index is 0.142. The molecule has 2 fully saturated rings. The average molecular weight is 143 g/mol. The van der Waals surface area contributed by atoms with Crippen LogP contribution >= 0.6 is 0 Å². The molecule has 4 heteroatoms. The van der Waals surface area contributed by atoms with Crippen molar-refractivity contribution in [2.75, 3.05) is 26.7 Å². The van der Waals surface area contributed by atoms with Crippen LogP contribution in [0, 0.1) is 0 Å². The van der Waals surface area contributed by atoms with Gasteiger partial charge < -0.3 is 9.64 Å². The van der Waals surface area contributed by atoms with Crippen molar-refractivity contribution in [3.63, 3.8) is 0 Å². The van der Waals surface area contributed by atoms with Gasteiger partial charge in [0.05, 0.1) is 12.6 Å². The number of hydrogen-bond acceptors (Lipinski definition) is 4. The van der Waals surface area contributed by atoms with Gasteiger partial charge in [-0.2, -0.15) is 0 Å². The van der Waals surface area contributed by atoms with Gasteiger partial charge in [0.1, 0.15) is 6.23 Å². The third-order valence-electron chi connectivity index (χ3n) is 2.23. The van der Waals surface area contributed by atoms with Gasteiger partial charge in [-0.1, -0.05) is 0 Å². The summed E-state index contributed by atoms with van der Waals surface area (Å²) in [6.07, 6.45) is 0.142. The molecule has 0 aliphatic carbocycles. The van der Waals surface area contributed by atoms with Crippen LogP contribution < -0.4 is 5.84 Å². The van der Waals surface area contributed by atoms with E-state index < -0.39 is 0 Å². The number of fused-ring (bicyclic) bond motifs is 2. The lowest BCUT2D eigenvalue weighted by Crippen LogP contribution is -2.56. The van der Waals surface area contributed by atoms with E-state index in [2.05, 4.69) is 11.9 Å². The second-order valence-electron chi connectivity index (χ2n) is 3.11. The molecule has 4 nitrogen and oxygen atoms in total.